The van der Waals surface area contributed by atoms with Crippen LogP contribution in [-0.2, 0) is 11.4 Å². The van der Waals surface area contributed by atoms with Crippen molar-refractivity contribution in [3.05, 3.63) is 59.7 Å². The van der Waals surface area contributed by atoms with Crippen molar-refractivity contribution in [1.29, 1.82) is 0 Å². The Morgan fingerprint density at radius 1 is 1.04 bits per heavy atom. The van der Waals surface area contributed by atoms with Crippen molar-refractivity contribution in [3.8, 4) is 11.5 Å². The van der Waals surface area contributed by atoms with Gasteiger partial charge in [-0.25, -0.2) is 0 Å². The third-order valence-corrected chi connectivity index (χ3v) is 4.73. The number of ether oxygens (including phenoxy) is 1. The number of aryl methyl sites for hydroxylation is 1. The third-order valence-electron chi connectivity index (χ3n) is 3.24. The van der Waals surface area contributed by atoms with E-state index >= 15 is 0 Å². The number of benzene rings is 2. The highest BCUT2D eigenvalue weighted by atomic mass is 32.2. The molecule has 0 heterocycles. The molecule has 2 aromatic carbocycles. The summed E-state index contributed by atoms with van der Waals surface area (Å²) >= 11 is -1.25. The largest absolute Gasteiger partial charge is 0.591 e. The zero-order valence-electron chi connectivity index (χ0n) is 14.3. The second-order valence-corrected chi connectivity index (χ2v) is 8.39. The lowest BCUT2D eigenvalue weighted by Crippen LogP contribution is -2.26. The van der Waals surface area contributed by atoms with Gasteiger partial charge in [-0.15, -0.1) is 0 Å². The van der Waals surface area contributed by atoms with Crippen molar-refractivity contribution in [2.75, 3.05) is 0 Å². The Balaban J connectivity index is 2.11. The van der Waals surface area contributed by atoms with Crippen molar-refractivity contribution >= 4 is 17.1 Å². The van der Waals surface area contributed by atoms with E-state index in [-0.39, 0.29) is 4.75 Å². The second-order valence-electron chi connectivity index (χ2n) is 6.48. The fourth-order valence-corrected chi connectivity index (χ4v) is 2.52. The summed E-state index contributed by atoms with van der Waals surface area (Å²) in [6, 6.07) is 15.6. The number of hydrogen-bond acceptors (Lipinski definition) is 3. The monoisotopic (exact) mass is 329 g/mol. The minimum absolute atomic E-state index is 0.352. The molecule has 0 amide bonds. The molecule has 0 aliphatic carbocycles. The van der Waals surface area contributed by atoms with E-state index in [9.17, 15) is 4.55 Å². The molecule has 0 unspecified atom stereocenters. The van der Waals surface area contributed by atoms with Crippen LogP contribution in [0.3, 0.4) is 0 Å². The molecule has 0 saturated carbocycles. The molecule has 0 N–H and O–H groups in total. The quantitative estimate of drug-likeness (QED) is 0.581. The van der Waals surface area contributed by atoms with E-state index in [1.54, 1.807) is 0 Å². The van der Waals surface area contributed by atoms with Crippen LogP contribution in [0.2, 0.25) is 0 Å². The molecule has 23 heavy (non-hydrogen) atoms. The van der Waals surface area contributed by atoms with E-state index in [1.807, 2.05) is 83.1 Å². The van der Waals surface area contributed by atoms with Crippen molar-refractivity contribution in [3.63, 3.8) is 0 Å². The van der Waals surface area contributed by atoms with Crippen molar-refractivity contribution < 1.29 is 9.29 Å². The fourth-order valence-electron chi connectivity index (χ4n) is 1.89. The molecule has 0 bridgehead atoms. The lowest BCUT2D eigenvalue weighted by Gasteiger charge is -2.18. The van der Waals surface area contributed by atoms with Gasteiger partial charge >= 0.3 is 0 Å². The minimum atomic E-state index is -1.25. The fraction of sp³-hybridized carbons (Fsp3) is 0.316. The Morgan fingerprint density at radius 2 is 1.70 bits per heavy atom. The van der Waals surface area contributed by atoms with Crippen molar-refractivity contribution in [2.45, 2.75) is 39.4 Å². The highest BCUT2D eigenvalue weighted by Gasteiger charge is 2.26. The van der Waals surface area contributed by atoms with Gasteiger partial charge in [-0.3, -0.25) is 0 Å². The molecule has 3 nitrogen and oxygen atoms in total. The van der Waals surface area contributed by atoms with Gasteiger partial charge in [-0.1, -0.05) is 16.5 Å². The topological polar surface area (TPSA) is 44.7 Å². The zero-order chi connectivity index (χ0) is 17.0. The predicted octanol–water partition coefficient (Wildman–Crippen LogP) is 5.06. The Kier molecular flexibility index (Phi) is 5.50. The summed E-state index contributed by atoms with van der Waals surface area (Å²) in [4.78, 5) is 0. The molecular formula is C19H23NO2S. The number of rotatable bonds is 4. The summed E-state index contributed by atoms with van der Waals surface area (Å²) in [7, 11) is 0. The van der Waals surface area contributed by atoms with Crippen LogP contribution >= 0.6 is 0 Å². The van der Waals surface area contributed by atoms with Crippen LogP contribution in [0, 0.1) is 6.92 Å². The maximum Gasteiger partial charge on any atom is 0.144 e. The van der Waals surface area contributed by atoms with Gasteiger partial charge in [0.2, 0.25) is 0 Å². The summed E-state index contributed by atoms with van der Waals surface area (Å²) in [6.07, 6.45) is 0. The second kappa shape index (κ2) is 7.20. The first-order valence-electron chi connectivity index (χ1n) is 7.58. The maximum atomic E-state index is 12.1. The van der Waals surface area contributed by atoms with Gasteiger partial charge in [-0.2, -0.15) is 0 Å². The van der Waals surface area contributed by atoms with E-state index in [4.69, 9.17) is 4.74 Å². The Morgan fingerprint density at radius 3 is 2.26 bits per heavy atom. The Hall–Kier alpha value is -1.78. The first-order chi connectivity index (χ1) is 10.8. The molecule has 1 atom stereocenters. The summed E-state index contributed by atoms with van der Waals surface area (Å²) in [6.45, 7) is 9.65. The van der Waals surface area contributed by atoms with E-state index in [2.05, 4.69) is 4.40 Å². The highest BCUT2D eigenvalue weighted by molar-refractivity contribution is 7.91. The summed E-state index contributed by atoms with van der Waals surface area (Å²) in [5.74, 6) is 1.58. The maximum absolute atomic E-state index is 12.1. The molecule has 2 rings (SSSR count). The molecule has 0 aromatic heterocycles. The van der Waals surface area contributed by atoms with Gasteiger partial charge in [0.05, 0.1) is 5.71 Å². The van der Waals surface area contributed by atoms with E-state index in [0.29, 0.717) is 0 Å². The SMILES string of the molecule is C/C(=N\[S@+]([O-])C(C)(C)C)c1ccc(Oc2cccc(C)c2)cc1. The first kappa shape index (κ1) is 17.6. The first-order valence-corrected chi connectivity index (χ1v) is 8.68. The summed E-state index contributed by atoms with van der Waals surface area (Å²) in [5, 5.41) is 0. The van der Waals surface area contributed by atoms with Crippen LogP contribution in [0.15, 0.2) is 52.9 Å². The molecule has 0 radical (unpaired) electrons. The molecule has 0 fully saturated rings. The smallest absolute Gasteiger partial charge is 0.144 e. The minimum Gasteiger partial charge on any atom is -0.591 e. The molecule has 0 aliphatic heterocycles. The Bertz CT molecular complexity index is 687. The van der Waals surface area contributed by atoms with E-state index in [0.717, 1.165) is 28.3 Å². The summed E-state index contributed by atoms with van der Waals surface area (Å²) < 4.78 is 21.9. The molecule has 0 aliphatic rings. The molecular weight excluding hydrogens is 306 g/mol. The number of nitrogens with zero attached hydrogens (tertiary/aromatic N) is 1. The standard InChI is InChI=1S/C19H23NO2S/c1-14-7-6-8-18(13-14)22-17-11-9-16(10-12-17)15(2)20-23(21)19(3,4)5/h6-13H,1-5H3/b20-15+/t23-/m1/s1. The van der Waals surface area contributed by atoms with Crippen LogP contribution in [0.5, 0.6) is 11.5 Å². The van der Waals surface area contributed by atoms with Crippen molar-refractivity contribution in [1.82, 2.24) is 0 Å². The van der Waals surface area contributed by atoms with Gasteiger partial charge in [0.15, 0.2) is 0 Å². The van der Waals surface area contributed by atoms with Crippen LogP contribution < -0.4 is 4.74 Å². The molecule has 2 aromatic rings. The third kappa shape index (κ3) is 5.12. The lowest BCUT2D eigenvalue weighted by molar-refractivity contribution is 0.482. The summed E-state index contributed by atoms with van der Waals surface area (Å²) in [5.41, 5.74) is 2.87. The predicted molar refractivity (Wildman–Crippen MR) is 97.8 cm³/mol. The van der Waals surface area contributed by atoms with E-state index in [1.165, 1.54) is 0 Å². The average Bonchev–Trinajstić information content (AvgIpc) is 2.47. The molecule has 122 valence electrons. The average molecular weight is 329 g/mol. The van der Waals surface area contributed by atoms with Crippen LogP contribution in [0.25, 0.3) is 0 Å². The number of hydrogen-bond donors (Lipinski definition) is 0. The van der Waals surface area contributed by atoms with Gasteiger partial charge in [-0.05, 0) is 76.6 Å². The van der Waals surface area contributed by atoms with Crippen LogP contribution in [0.1, 0.15) is 38.8 Å². The van der Waals surface area contributed by atoms with Crippen molar-refractivity contribution in [2.24, 2.45) is 4.40 Å². The molecule has 0 saturated heterocycles. The van der Waals surface area contributed by atoms with Crippen LogP contribution in [0.4, 0.5) is 0 Å². The lowest BCUT2D eigenvalue weighted by atomic mass is 10.1. The van der Waals surface area contributed by atoms with Gasteiger partial charge in [0.25, 0.3) is 0 Å². The van der Waals surface area contributed by atoms with Gasteiger partial charge in [0, 0.05) is 5.56 Å². The highest BCUT2D eigenvalue weighted by Crippen LogP contribution is 2.23. The normalized spacial score (nSPS) is 13.7. The van der Waals surface area contributed by atoms with Gasteiger partial charge < -0.3 is 9.29 Å². The Labute approximate surface area is 141 Å². The van der Waals surface area contributed by atoms with Crippen LogP contribution in [-0.4, -0.2) is 15.0 Å². The zero-order valence-corrected chi connectivity index (χ0v) is 15.1. The van der Waals surface area contributed by atoms with Gasteiger partial charge in [0.1, 0.15) is 27.6 Å². The molecule has 4 heteroatoms. The molecule has 0 spiro atoms. The van der Waals surface area contributed by atoms with E-state index < -0.39 is 11.4 Å².